The second kappa shape index (κ2) is 5.22. The lowest BCUT2D eigenvalue weighted by Gasteiger charge is -2.29. The minimum atomic E-state index is -0.193. The second-order valence-corrected chi connectivity index (χ2v) is 3.89. The number of hydrogen-bond donors (Lipinski definition) is 2. The van der Waals surface area contributed by atoms with Crippen LogP contribution in [0.25, 0.3) is 0 Å². The van der Waals surface area contributed by atoms with Crippen LogP contribution in [0.2, 0.25) is 0 Å². The second-order valence-electron chi connectivity index (χ2n) is 3.89. The van der Waals surface area contributed by atoms with Crippen LogP contribution in [0.4, 0.5) is 0 Å². The van der Waals surface area contributed by atoms with Crippen LogP contribution in [0, 0.1) is 0 Å². The number of unbranched alkanes of at least 4 members (excludes halogenated alkanes) is 1. The highest BCUT2D eigenvalue weighted by molar-refractivity contribution is 5.79. The largest absolute Gasteiger partial charge is 0.368 e. The molecule has 0 aromatic rings. The summed E-state index contributed by atoms with van der Waals surface area (Å²) in [7, 11) is 0. The Morgan fingerprint density at radius 3 is 2.92 bits per heavy atom. The van der Waals surface area contributed by atoms with Crippen molar-refractivity contribution in [2.45, 2.75) is 57.5 Å². The maximum atomic E-state index is 10.9. The van der Waals surface area contributed by atoms with Crippen LogP contribution in [0.3, 0.4) is 0 Å². The van der Waals surface area contributed by atoms with Gasteiger partial charge in [0.05, 0.1) is 6.04 Å². The van der Waals surface area contributed by atoms with E-state index in [1.807, 2.05) is 0 Å². The van der Waals surface area contributed by atoms with E-state index in [0.717, 1.165) is 12.8 Å². The van der Waals surface area contributed by atoms with Crippen molar-refractivity contribution in [2.75, 3.05) is 0 Å². The molecule has 1 saturated heterocycles. The molecule has 0 aromatic carbocycles. The first-order valence-corrected chi connectivity index (χ1v) is 5.29. The molecule has 0 bridgehead atoms. The molecule has 0 aliphatic carbocycles. The fourth-order valence-electron chi connectivity index (χ4n) is 1.92. The maximum absolute atomic E-state index is 10.9. The van der Waals surface area contributed by atoms with Crippen molar-refractivity contribution in [3.63, 3.8) is 0 Å². The van der Waals surface area contributed by atoms with Crippen molar-refractivity contribution in [3.8, 4) is 0 Å². The zero-order valence-electron chi connectivity index (χ0n) is 8.38. The molecule has 3 nitrogen and oxygen atoms in total. The number of carbonyl (C=O) groups excluding carboxylic acids is 1. The molecule has 13 heavy (non-hydrogen) atoms. The molecular formula is C10H20N2O. The van der Waals surface area contributed by atoms with E-state index in [1.165, 1.54) is 25.7 Å². The number of rotatable bonds is 4. The van der Waals surface area contributed by atoms with Gasteiger partial charge >= 0.3 is 0 Å². The third-order valence-electron chi connectivity index (χ3n) is 2.73. The van der Waals surface area contributed by atoms with Gasteiger partial charge in [-0.3, -0.25) is 4.79 Å². The number of carbonyl (C=O) groups is 1. The molecule has 0 aromatic heterocycles. The molecule has 1 rings (SSSR count). The van der Waals surface area contributed by atoms with Gasteiger partial charge < -0.3 is 11.1 Å². The van der Waals surface area contributed by atoms with Gasteiger partial charge in [0.25, 0.3) is 0 Å². The van der Waals surface area contributed by atoms with Crippen molar-refractivity contribution in [1.82, 2.24) is 5.32 Å². The Morgan fingerprint density at radius 2 is 2.31 bits per heavy atom. The molecule has 1 aliphatic heterocycles. The first-order chi connectivity index (χ1) is 6.24. The first-order valence-electron chi connectivity index (χ1n) is 5.29. The lowest BCUT2D eigenvalue weighted by atomic mass is 9.95. The van der Waals surface area contributed by atoms with E-state index in [2.05, 4.69) is 12.2 Å². The highest BCUT2D eigenvalue weighted by atomic mass is 16.1. The Morgan fingerprint density at radius 1 is 1.54 bits per heavy atom. The summed E-state index contributed by atoms with van der Waals surface area (Å²) in [5.41, 5.74) is 5.26. The average Bonchev–Trinajstić information content (AvgIpc) is 2.15. The number of nitrogens with two attached hydrogens (primary N) is 1. The number of amides is 1. The lowest BCUT2D eigenvalue weighted by molar-refractivity contribution is -0.120. The van der Waals surface area contributed by atoms with Gasteiger partial charge in [-0.15, -0.1) is 0 Å². The van der Waals surface area contributed by atoms with Gasteiger partial charge in [-0.1, -0.05) is 19.8 Å². The summed E-state index contributed by atoms with van der Waals surface area (Å²) in [5, 5.41) is 3.31. The lowest BCUT2D eigenvalue weighted by Crippen LogP contribution is -2.49. The molecule has 1 aliphatic rings. The Hall–Kier alpha value is -0.570. The number of nitrogens with one attached hydrogen (secondary N) is 1. The molecule has 0 radical (unpaired) electrons. The molecule has 2 atom stereocenters. The third kappa shape index (κ3) is 3.35. The number of piperidine rings is 1. The summed E-state index contributed by atoms with van der Waals surface area (Å²) >= 11 is 0. The van der Waals surface area contributed by atoms with Crippen LogP contribution >= 0.6 is 0 Å². The van der Waals surface area contributed by atoms with Crippen molar-refractivity contribution in [1.29, 1.82) is 0 Å². The summed E-state index contributed by atoms with van der Waals surface area (Å²) in [4.78, 5) is 10.9. The van der Waals surface area contributed by atoms with E-state index in [0.29, 0.717) is 6.04 Å². The normalized spacial score (nSPS) is 28.7. The topological polar surface area (TPSA) is 55.1 Å². The summed E-state index contributed by atoms with van der Waals surface area (Å²) in [6, 6.07) is 0.446. The molecular weight excluding hydrogens is 164 g/mol. The van der Waals surface area contributed by atoms with Crippen LogP contribution in [0.5, 0.6) is 0 Å². The van der Waals surface area contributed by atoms with Gasteiger partial charge in [0.15, 0.2) is 0 Å². The summed E-state index contributed by atoms with van der Waals surface area (Å²) in [6.45, 7) is 2.19. The predicted octanol–water partition coefficient (Wildman–Crippen LogP) is 1.17. The molecule has 0 saturated carbocycles. The van der Waals surface area contributed by atoms with Crippen molar-refractivity contribution < 1.29 is 4.79 Å². The molecule has 76 valence electrons. The standard InChI is InChI=1S/C10H20N2O/c1-2-3-5-8-6-4-7-9(12-8)10(11)13/h8-9,12H,2-7H2,1H3,(H2,11,13)/t8-,9-/m1/s1. The molecule has 0 spiro atoms. The Labute approximate surface area is 80.1 Å². The maximum Gasteiger partial charge on any atom is 0.234 e. The Kier molecular flexibility index (Phi) is 4.22. The molecule has 1 heterocycles. The van der Waals surface area contributed by atoms with Crippen molar-refractivity contribution in [2.24, 2.45) is 5.73 Å². The molecule has 3 heteroatoms. The van der Waals surface area contributed by atoms with E-state index in [9.17, 15) is 4.79 Å². The van der Waals surface area contributed by atoms with Crippen LogP contribution in [-0.4, -0.2) is 18.0 Å². The Bertz CT molecular complexity index is 170. The quantitative estimate of drug-likeness (QED) is 0.689. The molecule has 3 N–H and O–H groups in total. The van der Waals surface area contributed by atoms with Crippen LogP contribution in [0.15, 0.2) is 0 Å². The number of primary amides is 1. The summed E-state index contributed by atoms with van der Waals surface area (Å²) in [5.74, 6) is -0.193. The van der Waals surface area contributed by atoms with E-state index in [4.69, 9.17) is 5.73 Å². The van der Waals surface area contributed by atoms with E-state index >= 15 is 0 Å². The highest BCUT2D eigenvalue weighted by Crippen LogP contribution is 2.16. The minimum absolute atomic E-state index is 0.0735. The van der Waals surface area contributed by atoms with Gasteiger partial charge in [-0.25, -0.2) is 0 Å². The zero-order chi connectivity index (χ0) is 9.68. The van der Waals surface area contributed by atoms with E-state index < -0.39 is 0 Å². The molecule has 1 fully saturated rings. The Balaban J connectivity index is 2.29. The minimum Gasteiger partial charge on any atom is -0.368 e. The van der Waals surface area contributed by atoms with Crippen molar-refractivity contribution >= 4 is 5.91 Å². The van der Waals surface area contributed by atoms with Crippen LogP contribution in [0.1, 0.15) is 45.4 Å². The van der Waals surface area contributed by atoms with Crippen LogP contribution in [-0.2, 0) is 4.79 Å². The van der Waals surface area contributed by atoms with E-state index in [1.54, 1.807) is 0 Å². The SMILES string of the molecule is CCCC[C@@H]1CCC[C@H](C(N)=O)N1. The fourth-order valence-corrected chi connectivity index (χ4v) is 1.92. The first kappa shape index (κ1) is 10.5. The average molecular weight is 184 g/mol. The monoisotopic (exact) mass is 184 g/mol. The summed E-state index contributed by atoms with van der Waals surface area (Å²) < 4.78 is 0. The van der Waals surface area contributed by atoms with Gasteiger partial charge in [0.1, 0.15) is 0 Å². The van der Waals surface area contributed by atoms with Crippen molar-refractivity contribution in [3.05, 3.63) is 0 Å². The number of hydrogen-bond acceptors (Lipinski definition) is 2. The molecule has 1 amide bonds. The van der Waals surface area contributed by atoms with E-state index in [-0.39, 0.29) is 11.9 Å². The van der Waals surface area contributed by atoms with Gasteiger partial charge in [0, 0.05) is 6.04 Å². The molecule has 0 unspecified atom stereocenters. The zero-order valence-corrected chi connectivity index (χ0v) is 8.38. The van der Waals surface area contributed by atoms with Gasteiger partial charge in [0.2, 0.25) is 5.91 Å². The van der Waals surface area contributed by atoms with Gasteiger partial charge in [-0.05, 0) is 25.7 Å². The third-order valence-corrected chi connectivity index (χ3v) is 2.73. The van der Waals surface area contributed by atoms with Gasteiger partial charge in [-0.2, -0.15) is 0 Å². The fraction of sp³-hybridized carbons (Fsp3) is 0.900. The smallest absolute Gasteiger partial charge is 0.234 e. The van der Waals surface area contributed by atoms with Crippen LogP contribution < -0.4 is 11.1 Å². The highest BCUT2D eigenvalue weighted by Gasteiger charge is 2.23. The summed E-state index contributed by atoms with van der Waals surface area (Å²) in [6.07, 6.45) is 6.89. The predicted molar refractivity (Wildman–Crippen MR) is 53.3 cm³/mol.